The van der Waals surface area contributed by atoms with Gasteiger partial charge in [-0.2, -0.15) is 0 Å². The molecule has 0 fully saturated rings. The van der Waals surface area contributed by atoms with Crippen LogP contribution < -0.4 is 5.32 Å². The van der Waals surface area contributed by atoms with Crippen molar-refractivity contribution in [2.45, 2.75) is 6.42 Å². The highest BCUT2D eigenvalue weighted by atomic mass is 16.5. The van der Waals surface area contributed by atoms with Crippen molar-refractivity contribution in [1.82, 2.24) is 10.4 Å². The molecule has 0 aromatic heterocycles. The van der Waals surface area contributed by atoms with Crippen LogP contribution >= 0.6 is 0 Å². The molecule has 62 valence electrons. The number of nitrogens with one attached hydrogen (secondary N) is 1. The Kier molecular flexibility index (Phi) is 2.62. The molecule has 0 radical (unpaired) electrons. The summed E-state index contributed by atoms with van der Waals surface area (Å²) in [6.07, 6.45) is 2.50. The molecule has 0 unspecified atom stereocenters. The van der Waals surface area contributed by atoms with Crippen molar-refractivity contribution in [3.63, 3.8) is 0 Å². The molecule has 0 atom stereocenters. The van der Waals surface area contributed by atoms with Crippen LogP contribution in [0.3, 0.4) is 0 Å². The van der Waals surface area contributed by atoms with E-state index in [9.17, 15) is 4.79 Å². The molecule has 1 rings (SSSR count). The fourth-order valence-corrected chi connectivity index (χ4v) is 1.02. The van der Waals surface area contributed by atoms with Gasteiger partial charge in [0.2, 0.25) is 0 Å². The molecule has 1 amide bonds. The first-order valence-electron chi connectivity index (χ1n) is 3.58. The van der Waals surface area contributed by atoms with Crippen LogP contribution in [-0.4, -0.2) is 36.3 Å². The predicted octanol–water partition coefficient (Wildman–Crippen LogP) is -0.246. The highest BCUT2D eigenvalue weighted by Crippen LogP contribution is 2.06. The Labute approximate surface area is 65.5 Å². The van der Waals surface area contributed by atoms with Gasteiger partial charge in [-0.1, -0.05) is 6.08 Å². The summed E-state index contributed by atoms with van der Waals surface area (Å²) >= 11 is 0. The van der Waals surface area contributed by atoms with Gasteiger partial charge in [0, 0.05) is 19.2 Å². The van der Waals surface area contributed by atoms with Crippen LogP contribution in [0.2, 0.25) is 0 Å². The fourth-order valence-electron chi connectivity index (χ4n) is 1.02. The SMILES string of the molecule is CN(O)C(=O)C1=CCNCC1. The number of hydrogen-bond acceptors (Lipinski definition) is 3. The zero-order valence-electron chi connectivity index (χ0n) is 6.50. The summed E-state index contributed by atoms with van der Waals surface area (Å²) in [5.41, 5.74) is 0.689. The summed E-state index contributed by atoms with van der Waals surface area (Å²) in [6.45, 7) is 1.53. The smallest absolute Gasteiger partial charge is 0.272 e. The van der Waals surface area contributed by atoms with Crippen LogP contribution in [0.5, 0.6) is 0 Å². The zero-order valence-corrected chi connectivity index (χ0v) is 6.50. The lowest BCUT2D eigenvalue weighted by molar-refractivity contribution is -0.154. The van der Waals surface area contributed by atoms with E-state index in [0.29, 0.717) is 17.1 Å². The molecule has 0 saturated heterocycles. The van der Waals surface area contributed by atoms with Crippen LogP contribution in [0, 0.1) is 0 Å². The highest BCUT2D eigenvalue weighted by molar-refractivity contribution is 5.92. The maximum absolute atomic E-state index is 11.1. The number of rotatable bonds is 1. The highest BCUT2D eigenvalue weighted by Gasteiger charge is 2.13. The van der Waals surface area contributed by atoms with Crippen LogP contribution in [0.1, 0.15) is 6.42 Å². The third kappa shape index (κ3) is 2.03. The largest absolute Gasteiger partial charge is 0.313 e. The second-order valence-corrected chi connectivity index (χ2v) is 2.51. The predicted molar refractivity (Wildman–Crippen MR) is 40.1 cm³/mol. The summed E-state index contributed by atoms with van der Waals surface area (Å²) in [5, 5.41) is 12.5. The molecular weight excluding hydrogens is 144 g/mol. The maximum atomic E-state index is 11.1. The summed E-state index contributed by atoms with van der Waals surface area (Å²) in [6, 6.07) is 0. The number of likely N-dealkylation sites (N-methyl/N-ethyl adjacent to an activating group) is 1. The second kappa shape index (κ2) is 3.50. The summed E-state index contributed by atoms with van der Waals surface area (Å²) in [5.74, 6) is -0.300. The standard InChI is InChI=1S/C7H12N2O2/c1-9(11)7(10)6-2-4-8-5-3-6/h2,8,11H,3-5H2,1H3. The normalized spacial score (nSPS) is 17.5. The Morgan fingerprint density at radius 1 is 1.82 bits per heavy atom. The van der Waals surface area contributed by atoms with Gasteiger partial charge in [0.25, 0.3) is 5.91 Å². The first-order chi connectivity index (χ1) is 5.22. The van der Waals surface area contributed by atoms with Gasteiger partial charge in [-0.3, -0.25) is 10.0 Å². The van der Waals surface area contributed by atoms with Gasteiger partial charge in [-0.25, -0.2) is 5.06 Å². The van der Waals surface area contributed by atoms with Crippen LogP contribution in [-0.2, 0) is 4.79 Å². The van der Waals surface area contributed by atoms with Crippen LogP contribution in [0.15, 0.2) is 11.6 Å². The minimum absolute atomic E-state index is 0.300. The first kappa shape index (κ1) is 8.23. The molecule has 4 heteroatoms. The van der Waals surface area contributed by atoms with Gasteiger partial charge >= 0.3 is 0 Å². The molecule has 1 aliphatic heterocycles. The summed E-state index contributed by atoms with van der Waals surface area (Å²) < 4.78 is 0. The quantitative estimate of drug-likeness (QED) is 0.406. The topological polar surface area (TPSA) is 52.6 Å². The number of carbonyl (C=O) groups is 1. The molecular formula is C7H12N2O2. The Morgan fingerprint density at radius 2 is 2.55 bits per heavy atom. The lowest BCUT2D eigenvalue weighted by atomic mass is 10.1. The van der Waals surface area contributed by atoms with E-state index in [1.807, 2.05) is 0 Å². The molecule has 0 saturated carbocycles. The molecule has 0 bridgehead atoms. The van der Waals surface area contributed by atoms with Gasteiger partial charge in [-0.05, 0) is 13.0 Å². The van der Waals surface area contributed by atoms with Gasteiger partial charge in [0.15, 0.2) is 0 Å². The fraction of sp³-hybridized carbons (Fsp3) is 0.571. The van der Waals surface area contributed by atoms with Crippen molar-refractivity contribution in [1.29, 1.82) is 0 Å². The Balaban J connectivity index is 2.58. The molecule has 1 aliphatic rings. The average molecular weight is 156 g/mol. The number of carbonyl (C=O) groups excluding carboxylic acids is 1. The average Bonchev–Trinajstić information content (AvgIpc) is 2.05. The van der Waals surface area contributed by atoms with E-state index in [4.69, 9.17) is 5.21 Å². The molecule has 2 N–H and O–H groups in total. The molecule has 1 heterocycles. The lowest BCUT2D eigenvalue weighted by Gasteiger charge is -2.15. The van der Waals surface area contributed by atoms with Gasteiger partial charge in [0.05, 0.1) is 0 Å². The summed E-state index contributed by atoms with van der Waals surface area (Å²) in [7, 11) is 1.34. The molecule has 0 spiro atoms. The minimum atomic E-state index is -0.300. The van der Waals surface area contributed by atoms with E-state index in [1.165, 1.54) is 7.05 Å². The molecule has 0 aromatic rings. The third-order valence-electron chi connectivity index (χ3n) is 1.63. The Bertz CT molecular complexity index is 187. The van der Waals surface area contributed by atoms with Crippen molar-refractivity contribution in [3.8, 4) is 0 Å². The molecule has 4 nitrogen and oxygen atoms in total. The lowest BCUT2D eigenvalue weighted by Crippen LogP contribution is -2.30. The minimum Gasteiger partial charge on any atom is -0.313 e. The van der Waals surface area contributed by atoms with E-state index >= 15 is 0 Å². The summed E-state index contributed by atoms with van der Waals surface area (Å²) in [4.78, 5) is 11.1. The van der Waals surface area contributed by atoms with Crippen molar-refractivity contribution < 1.29 is 10.0 Å². The van der Waals surface area contributed by atoms with Crippen LogP contribution in [0.4, 0.5) is 0 Å². The van der Waals surface area contributed by atoms with Crippen molar-refractivity contribution in [2.24, 2.45) is 0 Å². The molecule has 0 aliphatic carbocycles. The van der Waals surface area contributed by atoms with Crippen molar-refractivity contribution >= 4 is 5.91 Å². The number of amides is 1. The van der Waals surface area contributed by atoms with Gasteiger partial charge in [0.1, 0.15) is 0 Å². The number of hydroxylamine groups is 2. The van der Waals surface area contributed by atoms with Crippen molar-refractivity contribution in [3.05, 3.63) is 11.6 Å². The van der Waals surface area contributed by atoms with E-state index in [-0.39, 0.29) is 5.91 Å². The maximum Gasteiger partial charge on any atom is 0.272 e. The van der Waals surface area contributed by atoms with Gasteiger partial charge < -0.3 is 5.32 Å². The number of hydrogen-bond donors (Lipinski definition) is 2. The third-order valence-corrected chi connectivity index (χ3v) is 1.63. The Hall–Kier alpha value is -0.870. The van der Waals surface area contributed by atoms with E-state index in [0.717, 1.165) is 13.1 Å². The Morgan fingerprint density at radius 3 is 3.00 bits per heavy atom. The van der Waals surface area contributed by atoms with E-state index < -0.39 is 0 Å². The number of nitrogens with zero attached hydrogens (tertiary/aromatic N) is 1. The second-order valence-electron chi connectivity index (χ2n) is 2.51. The monoisotopic (exact) mass is 156 g/mol. The van der Waals surface area contributed by atoms with Gasteiger partial charge in [-0.15, -0.1) is 0 Å². The van der Waals surface area contributed by atoms with E-state index in [1.54, 1.807) is 6.08 Å². The first-order valence-corrected chi connectivity index (χ1v) is 3.58. The molecule has 0 aromatic carbocycles. The van der Waals surface area contributed by atoms with Crippen molar-refractivity contribution in [2.75, 3.05) is 20.1 Å². The zero-order chi connectivity index (χ0) is 8.27. The van der Waals surface area contributed by atoms with Crippen LogP contribution in [0.25, 0.3) is 0 Å². The van der Waals surface area contributed by atoms with E-state index in [2.05, 4.69) is 5.32 Å². The molecule has 11 heavy (non-hydrogen) atoms.